The summed E-state index contributed by atoms with van der Waals surface area (Å²) in [4.78, 5) is 30.0. The van der Waals surface area contributed by atoms with Gasteiger partial charge in [0, 0.05) is 23.6 Å². The molecule has 1 fully saturated rings. The highest BCUT2D eigenvalue weighted by atomic mass is 32.2. The second kappa shape index (κ2) is 8.58. The molecule has 8 heteroatoms. The summed E-state index contributed by atoms with van der Waals surface area (Å²) in [6.07, 6.45) is 1.39. The lowest BCUT2D eigenvalue weighted by Crippen LogP contribution is -2.61. The van der Waals surface area contributed by atoms with Gasteiger partial charge in [-0.1, -0.05) is 30.3 Å². The number of aliphatic carboxylic acids is 1. The molecule has 1 saturated heterocycles. The highest BCUT2D eigenvalue weighted by Gasteiger charge is 2.56. The van der Waals surface area contributed by atoms with Crippen LogP contribution < -0.4 is 5.32 Å². The van der Waals surface area contributed by atoms with Crippen molar-refractivity contribution in [1.82, 2.24) is 10.2 Å². The van der Waals surface area contributed by atoms with E-state index < -0.39 is 18.0 Å². The van der Waals surface area contributed by atoms with Crippen LogP contribution >= 0.6 is 11.8 Å². The van der Waals surface area contributed by atoms with Crippen molar-refractivity contribution in [2.75, 3.05) is 12.3 Å². The number of nitrogens with one attached hydrogen (secondary N) is 1. The van der Waals surface area contributed by atoms with Crippen molar-refractivity contribution in [2.24, 2.45) is 10.9 Å². The Labute approximate surface area is 162 Å². The van der Waals surface area contributed by atoms with Crippen molar-refractivity contribution < 1.29 is 19.8 Å². The van der Waals surface area contributed by atoms with Gasteiger partial charge in [-0.05, 0) is 12.5 Å². The van der Waals surface area contributed by atoms with Crippen LogP contribution in [0.3, 0.4) is 0 Å². The summed E-state index contributed by atoms with van der Waals surface area (Å²) in [5.74, 6) is -1.22. The minimum atomic E-state index is -1.09. The number of β-lactam (4-membered cyclic amide) rings is 1. The first-order valence-electron chi connectivity index (χ1n) is 8.86. The highest BCUT2D eigenvalue weighted by molar-refractivity contribution is 8.03. The van der Waals surface area contributed by atoms with Gasteiger partial charge >= 0.3 is 5.97 Å². The van der Waals surface area contributed by atoms with E-state index in [0.29, 0.717) is 30.2 Å². The Morgan fingerprint density at radius 1 is 1.44 bits per heavy atom. The van der Waals surface area contributed by atoms with E-state index >= 15 is 0 Å². The molecule has 2 aliphatic heterocycles. The van der Waals surface area contributed by atoms with Gasteiger partial charge in [0.2, 0.25) is 5.91 Å². The third-order valence-electron chi connectivity index (χ3n) is 4.71. The van der Waals surface area contributed by atoms with E-state index in [2.05, 4.69) is 10.3 Å². The average molecular weight is 389 g/mol. The van der Waals surface area contributed by atoms with Gasteiger partial charge in [-0.3, -0.25) is 9.79 Å². The molecule has 0 unspecified atom stereocenters. The molecule has 0 bridgehead atoms. The van der Waals surface area contributed by atoms with E-state index in [1.807, 2.05) is 30.3 Å². The van der Waals surface area contributed by atoms with Gasteiger partial charge in [0.05, 0.1) is 30.9 Å². The molecule has 2 aliphatic rings. The normalized spacial score (nSPS) is 22.7. The molecule has 3 atom stereocenters. The molecule has 0 aromatic heterocycles. The van der Waals surface area contributed by atoms with Crippen LogP contribution in [0.2, 0.25) is 0 Å². The summed E-state index contributed by atoms with van der Waals surface area (Å²) in [6, 6.07) is 9.70. The number of aliphatic imine (C=N–C) groups is 1. The molecule has 3 N–H and O–H groups in total. The van der Waals surface area contributed by atoms with Crippen molar-refractivity contribution in [3.05, 3.63) is 46.5 Å². The molecular weight excluding hydrogens is 366 g/mol. The molecule has 0 spiro atoms. The largest absolute Gasteiger partial charge is 0.477 e. The number of carboxylic acids is 1. The molecule has 144 valence electrons. The number of carbonyl (C=O) groups excluding carboxylic acids is 1. The molecule has 1 amide bonds. The van der Waals surface area contributed by atoms with E-state index in [0.717, 1.165) is 5.56 Å². The first-order chi connectivity index (χ1) is 13.0. The predicted octanol–water partition coefficient (Wildman–Crippen LogP) is 1.45. The molecular formula is C19H23N3O4S. The summed E-state index contributed by atoms with van der Waals surface area (Å²) < 4.78 is 0. The molecule has 27 heavy (non-hydrogen) atoms. The summed E-state index contributed by atoms with van der Waals surface area (Å²) in [5.41, 5.74) is 1.21. The number of nitrogens with zero attached hydrogens (tertiary/aromatic N) is 2. The fraction of sp³-hybridized carbons (Fsp3) is 0.421. The predicted molar refractivity (Wildman–Crippen MR) is 104 cm³/mol. The van der Waals surface area contributed by atoms with Gasteiger partial charge in [0.15, 0.2) is 0 Å². The van der Waals surface area contributed by atoms with Crippen molar-refractivity contribution in [1.29, 1.82) is 0 Å². The number of fused-ring (bicyclic) bond motifs is 1. The first kappa shape index (κ1) is 19.4. The summed E-state index contributed by atoms with van der Waals surface area (Å²) >= 11 is 1.44. The standard InChI is InChI=1S/C19H23N3O4S/c1-12(23)16-14-9-15(17(19(25)26)22(14)18(16)24)27-8-7-20-11-21-10-13-5-3-2-4-6-13/h2-6,11-12,14,16,23H,7-10H2,1H3,(H,20,21)(H,25,26)/t12-,14-,16-/m1/s1. The fourth-order valence-electron chi connectivity index (χ4n) is 3.46. The lowest BCUT2D eigenvalue weighted by Gasteiger charge is -2.44. The second-order valence-electron chi connectivity index (χ2n) is 6.58. The van der Waals surface area contributed by atoms with Crippen LogP contribution in [0, 0.1) is 5.92 Å². The number of rotatable bonds is 9. The maximum absolute atomic E-state index is 12.1. The first-order valence-corrected chi connectivity index (χ1v) is 9.85. The van der Waals surface area contributed by atoms with Crippen molar-refractivity contribution >= 4 is 30.0 Å². The Morgan fingerprint density at radius 3 is 2.85 bits per heavy atom. The number of benzene rings is 1. The summed E-state index contributed by atoms with van der Waals surface area (Å²) in [6.45, 7) is 2.82. The molecule has 0 radical (unpaired) electrons. The lowest BCUT2D eigenvalue weighted by atomic mass is 9.83. The van der Waals surface area contributed by atoms with E-state index in [4.69, 9.17) is 0 Å². The van der Waals surface area contributed by atoms with Crippen LogP contribution in [0.4, 0.5) is 0 Å². The van der Waals surface area contributed by atoms with Crippen LogP contribution in [0.25, 0.3) is 0 Å². The number of thioether (sulfide) groups is 1. The zero-order valence-corrected chi connectivity index (χ0v) is 15.9. The smallest absolute Gasteiger partial charge is 0.353 e. The van der Waals surface area contributed by atoms with Crippen molar-refractivity contribution in [2.45, 2.75) is 32.0 Å². The Hall–Kier alpha value is -2.32. The van der Waals surface area contributed by atoms with Crippen LogP contribution in [0.5, 0.6) is 0 Å². The quantitative estimate of drug-likeness (QED) is 0.256. The highest BCUT2D eigenvalue weighted by Crippen LogP contribution is 2.46. The van der Waals surface area contributed by atoms with Crippen molar-refractivity contribution in [3.63, 3.8) is 0 Å². The Balaban J connectivity index is 1.46. The maximum atomic E-state index is 12.1. The van der Waals surface area contributed by atoms with Crippen molar-refractivity contribution in [3.8, 4) is 0 Å². The Morgan fingerprint density at radius 2 is 2.19 bits per heavy atom. The zero-order chi connectivity index (χ0) is 19.4. The number of carbonyl (C=O) groups is 2. The van der Waals surface area contributed by atoms with Crippen LogP contribution in [0.15, 0.2) is 45.9 Å². The van der Waals surface area contributed by atoms with E-state index in [9.17, 15) is 19.8 Å². The third kappa shape index (κ3) is 4.17. The fourth-order valence-corrected chi connectivity index (χ4v) is 4.53. The van der Waals surface area contributed by atoms with Gasteiger partial charge < -0.3 is 20.4 Å². The van der Waals surface area contributed by atoms with Gasteiger partial charge in [-0.2, -0.15) is 0 Å². The maximum Gasteiger partial charge on any atom is 0.353 e. The van der Waals surface area contributed by atoms with Crippen LogP contribution in [-0.2, 0) is 16.1 Å². The number of aliphatic hydroxyl groups is 1. The number of carboxylic acid groups (broad SMARTS) is 1. The third-order valence-corrected chi connectivity index (χ3v) is 5.83. The topological polar surface area (TPSA) is 102 Å². The lowest BCUT2D eigenvalue weighted by molar-refractivity contribution is -0.161. The number of aliphatic hydroxyl groups excluding tert-OH is 1. The average Bonchev–Trinajstić information content (AvgIpc) is 2.96. The second-order valence-corrected chi connectivity index (χ2v) is 7.77. The van der Waals surface area contributed by atoms with E-state index in [1.165, 1.54) is 16.7 Å². The number of hydrogen-bond acceptors (Lipinski definition) is 5. The number of hydrogen-bond donors (Lipinski definition) is 3. The van der Waals surface area contributed by atoms with Gasteiger partial charge in [-0.25, -0.2) is 4.79 Å². The SMILES string of the molecule is C[C@@H](O)[C@H]1C(=O)N2C(C(=O)O)=C(SCCNC=NCc3ccccc3)C[C@H]12. The molecule has 2 heterocycles. The molecule has 1 aromatic rings. The minimum absolute atomic E-state index is 0.0737. The molecule has 1 aromatic carbocycles. The molecule has 0 aliphatic carbocycles. The zero-order valence-electron chi connectivity index (χ0n) is 15.0. The van der Waals surface area contributed by atoms with Crippen LogP contribution in [0.1, 0.15) is 18.9 Å². The Kier molecular flexibility index (Phi) is 6.18. The molecule has 7 nitrogen and oxygen atoms in total. The van der Waals surface area contributed by atoms with E-state index in [-0.39, 0.29) is 17.6 Å². The minimum Gasteiger partial charge on any atom is -0.477 e. The molecule has 3 rings (SSSR count). The van der Waals surface area contributed by atoms with Gasteiger partial charge in [0.25, 0.3) is 0 Å². The monoisotopic (exact) mass is 389 g/mol. The number of amides is 1. The van der Waals surface area contributed by atoms with Gasteiger partial charge in [-0.15, -0.1) is 11.8 Å². The van der Waals surface area contributed by atoms with Crippen LogP contribution in [-0.4, -0.2) is 57.8 Å². The molecule has 0 saturated carbocycles. The summed E-state index contributed by atoms with van der Waals surface area (Å²) in [5, 5.41) is 22.3. The van der Waals surface area contributed by atoms with E-state index in [1.54, 1.807) is 13.3 Å². The van der Waals surface area contributed by atoms with Gasteiger partial charge in [0.1, 0.15) is 5.70 Å². The Bertz CT molecular complexity index is 763. The summed E-state index contributed by atoms with van der Waals surface area (Å²) in [7, 11) is 0.